The average molecular weight is 511 g/mol. The molecule has 0 fully saturated rings. The standard InChI is InChI=1S/C26H24Cl2N4OS/c27-22-15-14-21(17-23(22)28)32-25(20-11-5-2-6-12-20)30-31-26(32)34-16-8-7-13-24(33)29-18-19-9-3-1-4-10-19/h1-6,9-12,14-15,17H,7-8,13,16,18H2,(H,29,33). The second-order valence-corrected chi connectivity index (χ2v) is 9.55. The van der Waals surface area contributed by atoms with Crippen LogP contribution in [0.25, 0.3) is 17.1 Å². The molecule has 0 saturated carbocycles. The molecule has 5 nitrogen and oxygen atoms in total. The summed E-state index contributed by atoms with van der Waals surface area (Å²) in [6, 6.07) is 25.3. The molecule has 8 heteroatoms. The molecule has 0 aliphatic rings. The molecule has 0 bridgehead atoms. The zero-order chi connectivity index (χ0) is 23.8. The third kappa shape index (κ3) is 6.41. The van der Waals surface area contributed by atoms with Crippen molar-refractivity contribution in [1.82, 2.24) is 20.1 Å². The Kier molecular flexibility index (Phi) is 8.63. The quantitative estimate of drug-likeness (QED) is 0.188. The van der Waals surface area contributed by atoms with E-state index in [0.717, 1.165) is 46.4 Å². The van der Waals surface area contributed by atoms with Crippen molar-refractivity contribution < 1.29 is 4.79 Å². The minimum absolute atomic E-state index is 0.0687. The molecular formula is C26H24Cl2N4OS. The van der Waals surface area contributed by atoms with Crippen LogP contribution in [-0.4, -0.2) is 26.4 Å². The molecule has 4 aromatic rings. The Hall–Kier alpha value is -2.80. The fraction of sp³-hybridized carbons (Fsp3) is 0.192. The van der Waals surface area contributed by atoms with Crippen molar-refractivity contribution in [1.29, 1.82) is 0 Å². The Morgan fingerprint density at radius 1 is 0.882 bits per heavy atom. The van der Waals surface area contributed by atoms with Crippen LogP contribution in [-0.2, 0) is 11.3 Å². The molecule has 1 heterocycles. The lowest BCUT2D eigenvalue weighted by atomic mass is 10.2. The van der Waals surface area contributed by atoms with E-state index < -0.39 is 0 Å². The number of hydrogen-bond acceptors (Lipinski definition) is 4. The highest BCUT2D eigenvalue weighted by molar-refractivity contribution is 7.99. The molecule has 34 heavy (non-hydrogen) atoms. The zero-order valence-electron chi connectivity index (χ0n) is 18.5. The number of unbranched alkanes of at least 4 members (excludes halogenated alkanes) is 1. The van der Waals surface area contributed by atoms with Gasteiger partial charge in [0.1, 0.15) is 0 Å². The topological polar surface area (TPSA) is 59.8 Å². The number of nitrogens with one attached hydrogen (secondary N) is 1. The van der Waals surface area contributed by atoms with Crippen LogP contribution in [0.15, 0.2) is 84.0 Å². The molecule has 0 atom stereocenters. The van der Waals surface area contributed by atoms with E-state index in [1.165, 1.54) is 0 Å². The number of thioether (sulfide) groups is 1. The number of carbonyl (C=O) groups excluding carboxylic acids is 1. The van der Waals surface area contributed by atoms with Gasteiger partial charge in [0.2, 0.25) is 5.91 Å². The number of amides is 1. The van der Waals surface area contributed by atoms with Crippen LogP contribution in [0.4, 0.5) is 0 Å². The van der Waals surface area contributed by atoms with Gasteiger partial charge in [-0.2, -0.15) is 0 Å². The fourth-order valence-corrected chi connectivity index (χ4v) is 4.67. The van der Waals surface area contributed by atoms with Crippen LogP contribution in [0.1, 0.15) is 24.8 Å². The Bertz CT molecular complexity index is 1230. The molecule has 0 spiro atoms. The number of benzene rings is 3. The summed E-state index contributed by atoms with van der Waals surface area (Å²) >= 11 is 14.0. The van der Waals surface area contributed by atoms with Crippen molar-refractivity contribution >= 4 is 40.9 Å². The molecule has 4 rings (SSSR count). The summed E-state index contributed by atoms with van der Waals surface area (Å²) in [5.41, 5.74) is 2.91. The highest BCUT2D eigenvalue weighted by atomic mass is 35.5. The van der Waals surface area contributed by atoms with Crippen molar-refractivity contribution in [3.8, 4) is 17.1 Å². The van der Waals surface area contributed by atoms with E-state index in [0.29, 0.717) is 23.0 Å². The van der Waals surface area contributed by atoms with Crippen molar-refractivity contribution in [3.05, 3.63) is 94.5 Å². The number of halogens is 2. The first-order valence-electron chi connectivity index (χ1n) is 11.0. The van der Waals surface area contributed by atoms with Gasteiger partial charge in [-0.15, -0.1) is 10.2 Å². The van der Waals surface area contributed by atoms with Gasteiger partial charge in [-0.25, -0.2) is 0 Å². The summed E-state index contributed by atoms with van der Waals surface area (Å²) in [5, 5.41) is 13.6. The van der Waals surface area contributed by atoms with Crippen LogP contribution in [0.3, 0.4) is 0 Å². The number of hydrogen-bond donors (Lipinski definition) is 1. The molecule has 0 aliphatic carbocycles. The van der Waals surface area contributed by atoms with Crippen LogP contribution < -0.4 is 5.32 Å². The average Bonchev–Trinajstić information content (AvgIpc) is 3.29. The SMILES string of the molecule is O=C(CCCCSc1nnc(-c2ccccc2)n1-c1ccc(Cl)c(Cl)c1)NCc1ccccc1. The Morgan fingerprint density at radius 2 is 1.62 bits per heavy atom. The van der Waals surface area contributed by atoms with E-state index >= 15 is 0 Å². The van der Waals surface area contributed by atoms with E-state index in [-0.39, 0.29) is 5.91 Å². The molecular weight excluding hydrogens is 487 g/mol. The fourth-order valence-electron chi connectivity index (χ4n) is 3.43. The van der Waals surface area contributed by atoms with E-state index in [1.807, 2.05) is 77.4 Å². The summed E-state index contributed by atoms with van der Waals surface area (Å²) in [6.07, 6.45) is 2.19. The molecule has 3 aromatic carbocycles. The normalized spacial score (nSPS) is 10.9. The van der Waals surface area contributed by atoms with Gasteiger partial charge in [0.25, 0.3) is 0 Å². The van der Waals surface area contributed by atoms with Crippen LogP contribution in [0, 0.1) is 0 Å². The summed E-state index contributed by atoms with van der Waals surface area (Å²) < 4.78 is 1.99. The van der Waals surface area contributed by atoms with Crippen molar-refractivity contribution in [2.45, 2.75) is 31.0 Å². The maximum Gasteiger partial charge on any atom is 0.220 e. The molecule has 174 valence electrons. The molecule has 0 aliphatic heterocycles. The monoisotopic (exact) mass is 510 g/mol. The Morgan fingerprint density at radius 3 is 2.35 bits per heavy atom. The summed E-state index contributed by atoms with van der Waals surface area (Å²) in [6.45, 7) is 0.559. The minimum Gasteiger partial charge on any atom is -0.352 e. The predicted molar refractivity (Wildman–Crippen MR) is 140 cm³/mol. The van der Waals surface area contributed by atoms with Crippen molar-refractivity contribution in [3.63, 3.8) is 0 Å². The number of carbonyl (C=O) groups is 1. The largest absolute Gasteiger partial charge is 0.352 e. The smallest absolute Gasteiger partial charge is 0.220 e. The highest BCUT2D eigenvalue weighted by Crippen LogP contribution is 2.31. The lowest BCUT2D eigenvalue weighted by molar-refractivity contribution is -0.121. The first kappa shape index (κ1) is 24.3. The number of rotatable bonds is 10. The van der Waals surface area contributed by atoms with Crippen molar-refractivity contribution in [2.24, 2.45) is 0 Å². The van der Waals surface area contributed by atoms with E-state index in [1.54, 1.807) is 17.8 Å². The summed E-state index contributed by atoms with van der Waals surface area (Å²) in [5.74, 6) is 1.63. The van der Waals surface area contributed by atoms with Gasteiger partial charge in [0.05, 0.1) is 15.7 Å². The highest BCUT2D eigenvalue weighted by Gasteiger charge is 2.17. The van der Waals surface area contributed by atoms with E-state index in [2.05, 4.69) is 15.5 Å². The molecule has 0 saturated heterocycles. The predicted octanol–water partition coefficient (Wildman–Crippen LogP) is 6.82. The molecule has 1 aromatic heterocycles. The Labute approximate surface area is 213 Å². The third-order valence-corrected chi connectivity index (χ3v) is 6.94. The van der Waals surface area contributed by atoms with Gasteiger partial charge in [-0.05, 0) is 36.6 Å². The summed E-state index contributed by atoms with van der Waals surface area (Å²) in [4.78, 5) is 12.1. The first-order chi connectivity index (χ1) is 16.6. The lowest BCUT2D eigenvalue weighted by Gasteiger charge is -2.11. The van der Waals surface area contributed by atoms with Gasteiger partial charge in [0, 0.05) is 24.3 Å². The van der Waals surface area contributed by atoms with Crippen LogP contribution in [0.2, 0.25) is 10.0 Å². The third-order valence-electron chi connectivity index (χ3n) is 5.19. The second-order valence-electron chi connectivity index (χ2n) is 7.67. The number of nitrogens with zero attached hydrogens (tertiary/aromatic N) is 3. The van der Waals surface area contributed by atoms with Crippen LogP contribution in [0.5, 0.6) is 0 Å². The molecule has 1 N–H and O–H groups in total. The van der Waals surface area contributed by atoms with E-state index in [4.69, 9.17) is 23.2 Å². The molecule has 0 radical (unpaired) electrons. The Balaban J connectivity index is 1.37. The lowest BCUT2D eigenvalue weighted by Crippen LogP contribution is -2.22. The number of aromatic nitrogens is 3. The van der Waals surface area contributed by atoms with Gasteiger partial charge in [-0.3, -0.25) is 9.36 Å². The molecule has 0 unspecified atom stereocenters. The van der Waals surface area contributed by atoms with Crippen molar-refractivity contribution in [2.75, 3.05) is 5.75 Å². The van der Waals surface area contributed by atoms with Gasteiger partial charge in [0.15, 0.2) is 11.0 Å². The van der Waals surface area contributed by atoms with Gasteiger partial charge in [-0.1, -0.05) is 95.6 Å². The summed E-state index contributed by atoms with van der Waals surface area (Å²) in [7, 11) is 0. The first-order valence-corrected chi connectivity index (χ1v) is 12.8. The maximum atomic E-state index is 12.1. The zero-order valence-corrected chi connectivity index (χ0v) is 20.8. The minimum atomic E-state index is 0.0687. The van der Waals surface area contributed by atoms with E-state index in [9.17, 15) is 4.79 Å². The molecule has 1 amide bonds. The van der Waals surface area contributed by atoms with Crippen LogP contribution >= 0.6 is 35.0 Å². The van der Waals surface area contributed by atoms with Gasteiger partial charge < -0.3 is 5.32 Å². The maximum absolute atomic E-state index is 12.1. The second kappa shape index (κ2) is 12.1. The van der Waals surface area contributed by atoms with Gasteiger partial charge >= 0.3 is 0 Å².